The summed E-state index contributed by atoms with van der Waals surface area (Å²) in [4.78, 5) is 24.3. The summed E-state index contributed by atoms with van der Waals surface area (Å²) < 4.78 is 38.8. The van der Waals surface area contributed by atoms with Crippen LogP contribution in [0.5, 0.6) is 5.75 Å². The number of rotatable bonds is 6. The van der Waals surface area contributed by atoms with E-state index in [0.717, 1.165) is 4.68 Å². The van der Waals surface area contributed by atoms with Gasteiger partial charge in [-0.3, -0.25) is 4.79 Å². The molecule has 144 valence electrons. The summed E-state index contributed by atoms with van der Waals surface area (Å²) in [6, 6.07) is 12.8. The first-order valence-corrected chi connectivity index (χ1v) is 8.37. The molecule has 0 saturated carbocycles. The second kappa shape index (κ2) is 8.43. The van der Waals surface area contributed by atoms with Gasteiger partial charge in [0.05, 0.1) is 0 Å². The zero-order valence-corrected chi connectivity index (χ0v) is 14.9. The number of benzene rings is 2. The molecule has 28 heavy (non-hydrogen) atoms. The van der Waals surface area contributed by atoms with E-state index in [-0.39, 0.29) is 24.7 Å². The van der Waals surface area contributed by atoms with Crippen molar-refractivity contribution in [2.24, 2.45) is 0 Å². The number of nitrogens with zero attached hydrogens (tertiary/aromatic N) is 2. The summed E-state index contributed by atoms with van der Waals surface area (Å²) in [5, 5.41) is 3.94. The molecule has 0 radical (unpaired) electrons. The maximum atomic E-state index is 14.0. The van der Waals surface area contributed by atoms with Gasteiger partial charge in [0.2, 0.25) is 11.1 Å². The summed E-state index contributed by atoms with van der Waals surface area (Å²) >= 11 is 0. The average Bonchev–Trinajstić information content (AvgIpc) is 2.67. The molecule has 0 N–H and O–H groups in total. The molecule has 8 heteroatoms. The maximum absolute atomic E-state index is 14.0. The monoisotopic (exact) mass is 386 g/mol. The Hall–Kier alpha value is -3.55. The van der Waals surface area contributed by atoms with Crippen LogP contribution in [-0.4, -0.2) is 29.0 Å². The Morgan fingerprint density at radius 2 is 1.71 bits per heavy atom. The lowest BCUT2D eigenvalue weighted by Crippen LogP contribution is -2.25. The Morgan fingerprint density at radius 3 is 2.43 bits per heavy atom. The molecular weight excluding hydrogens is 370 g/mol. The molecule has 0 bridgehead atoms. The van der Waals surface area contributed by atoms with E-state index in [9.17, 15) is 18.4 Å². The molecule has 3 rings (SSSR count). The molecule has 0 spiro atoms. The van der Waals surface area contributed by atoms with Crippen LogP contribution in [0, 0.1) is 18.6 Å². The number of para-hydroxylation sites is 2. The molecular formula is C20H16F2N2O4. The lowest BCUT2D eigenvalue weighted by atomic mass is 10.2. The van der Waals surface area contributed by atoms with Gasteiger partial charge >= 0.3 is 5.97 Å². The van der Waals surface area contributed by atoms with Gasteiger partial charge in [-0.2, -0.15) is 5.10 Å². The number of halogens is 2. The van der Waals surface area contributed by atoms with Crippen molar-refractivity contribution in [1.82, 2.24) is 9.78 Å². The molecule has 0 aliphatic heterocycles. The third kappa shape index (κ3) is 4.22. The fraction of sp³-hybridized carbons (Fsp3) is 0.150. The summed E-state index contributed by atoms with van der Waals surface area (Å²) in [5.41, 5.74) is -0.684. The van der Waals surface area contributed by atoms with Gasteiger partial charge in [-0.05, 0) is 31.2 Å². The second-order valence-corrected chi connectivity index (χ2v) is 5.78. The normalized spacial score (nSPS) is 10.5. The van der Waals surface area contributed by atoms with Gasteiger partial charge in [-0.15, -0.1) is 0 Å². The van der Waals surface area contributed by atoms with Gasteiger partial charge in [0, 0.05) is 11.8 Å². The van der Waals surface area contributed by atoms with Crippen LogP contribution in [0.25, 0.3) is 5.69 Å². The topological polar surface area (TPSA) is 70.4 Å². The van der Waals surface area contributed by atoms with Gasteiger partial charge in [0.25, 0.3) is 0 Å². The van der Waals surface area contributed by atoms with E-state index in [2.05, 4.69) is 5.10 Å². The standard InChI is InChI=1S/C20H16F2N2O4/c1-13-12-17(25)19(23-24(13)16-8-4-2-6-14(16)21)20(26)28-11-10-27-18-9-5-3-7-15(18)22/h2-9,12H,10-11H2,1H3. The van der Waals surface area contributed by atoms with E-state index in [1.165, 1.54) is 42.5 Å². The zero-order valence-electron chi connectivity index (χ0n) is 14.9. The Bertz CT molecular complexity index is 1070. The Labute approximate surface area is 159 Å². The highest BCUT2D eigenvalue weighted by Gasteiger charge is 2.18. The Balaban J connectivity index is 1.71. The first-order chi connectivity index (χ1) is 13.5. The predicted molar refractivity (Wildman–Crippen MR) is 96.7 cm³/mol. The molecule has 0 fully saturated rings. The van der Waals surface area contributed by atoms with Crippen LogP contribution in [0.1, 0.15) is 16.2 Å². The number of esters is 1. The first-order valence-electron chi connectivity index (χ1n) is 8.37. The molecule has 6 nitrogen and oxygen atoms in total. The van der Waals surface area contributed by atoms with E-state index in [1.807, 2.05) is 0 Å². The number of hydrogen-bond acceptors (Lipinski definition) is 5. The zero-order chi connectivity index (χ0) is 20.1. The quantitative estimate of drug-likeness (QED) is 0.481. The van der Waals surface area contributed by atoms with Crippen molar-refractivity contribution in [2.45, 2.75) is 6.92 Å². The number of ether oxygens (including phenoxy) is 2. The van der Waals surface area contributed by atoms with Crippen molar-refractivity contribution in [3.63, 3.8) is 0 Å². The highest BCUT2D eigenvalue weighted by molar-refractivity contribution is 5.86. The van der Waals surface area contributed by atoms with E-state index >= 15 is 0 Å². The molecule has 0 unspecified atom stereocenters. The van der Waals surface area contributed by atoms with Crippen molar-refractivity contribution >= 4 is 5.97 Å². The van der Waals surface area contributed by atoms with Crippen LogP contribution in [0.4, 0.5) is 8.78 Å². The number of aryl methyl sites for hydroxylation is 1. The van der Waals surface area contributed by atoms with Gasteiger partial charge in [0.15, 0.2) is 11.6 Å². The van der Waals surface area contributed by atoms with E-state index in [1.54, 1.807) is 19.1 Å². The maximum Gasteiger partial charge on any atom is 0.363 e. The summed E-state index contributed by atoms with van der Waals surface area (Å²) in [5.74, 6) is -2.05. The fourth-order valence-corrected chi connectivity index (χ4v) is 2.47. The smallest absolute Gasteiger partial charge is 0.363 e. The molecule has 1 heterocycles. The first kappa shape index (κ1) is 19.2. The van der Waals surface area contributed by atoms with Crippen LogP contribution in [0.3, 0.4) is 0 Å². The van der Waals surface area contributed by atoms with Crippen LogP contribution in [-0.2, 0) is 4.74 Å². The van der Waals surface area contributed by atoms with Crippen LogP contribution < -0.4 is 10.2 Å². The molecule has 1 aromatic heterocycles. The number of carbonyl (C=O) groups is 1. The van der Waals surface area contributed by atoms with Crippen LogP contribution >= 0.6 is 0 Å². The number of carbonyl (C=O) groups excluding carboxylic acids is 1. The van der Waals surface area contributed by atoms with Gasteiger partial charge < -0.3 is 9.47 Å². The minimum absolute atomic E-state index is 0.0221. The van der Waals surface area contributed by atoms with E-state index < -0.39 is 28.7 Å². The molecule has 0 aliphatic carbocycles. The van der Waals surface area contributed by atoms with Gasteiger partial charge in [-0.1, -0.05) is 24.3 Å². The molecule has 0 aliphatic rings. The molecule has 3 aromatic rings. The predicted octanol–water partition coefficient (Wildman–Crippen LogP) is 3.05. The minimum Gasteiger partial charge on any atom is -0.487 e. The van der Waals surface area contributed by atoms with Crippen LogP contribution in [0.15, 0.2) is 59.4 Å². The molecule has 2 aromatic carbocycles. The lowest BCUT2D eigenvalue weighted by Gasteiger charge is -2.12. The summed E-state index contributed by atoms with van der Waals surface area (Å²) in [7, 11) is 0. The minimum atomic E-state index is -0.979. The van der Waals surface area contributed by atoms with Crippen molar-refractivity contribution in [3.05, 3.63) is 87.8 Å². The number of hydrogen-bond donors (Lipinski definition) is 0. The fourth-order valence-electron chi connectivity index (χ4n) is 2.47. The molecule has 0 saturated heterocycles. The van der Waals surface area contributed by atoms with E-state index in [4.69, 9.17) is 9.47 Å². The highest BCUT2D eigenvalue weighted by atomic mass is 19.1. The molecule has 0 amide bonds. The van der Waals surface area contributed by atoms with E-state index in [0.29, 0.717) is 5.69 Å². The van der Waals surface area contributed by atoms with Crippen molar-refractivity contribution < 1.29 is 23.0 Å². The van der Waals surface area contributed by atoms with Crippen molar-refractivity contribution in [3.8, 4) is 11.4 Å². The van der Waals surface area contributed by atoms with Crippen molar-refractivity contribution in [2.75, 3.05) is 13.2 Å². The SMILES string of the molecule is Cc1cc(=O)c(C(=O)OCCOc2ccccc2F)nn1-c1ccccc1F. The van der Waals surface area contributed by atoms with Crippen LogP contribution in [0.2, 0.25) is 0 Å². The van der Waals surface area contributed by atoms with Gasteiger partial charge in [-0.25, -0.2) is 18.3 Å². The average molecular weight is 386 g/mol. The molecule has 0 atom stereocenters. The van der Waals surface area contributed by atoms with Gasteiger partial charge in [0.1, 0.15) is 24.7 Å². The summed E-state index contributed by atoms with van der Waals surface area (Å²) in [6.07, 6.45) is 0. The highest BCUT2D eigenvalue weighted by Crippen LogP contribution is 2.15. The Kier molecular flexibility index (Phi) is 5.78. The third-order valence-electron chi connectivity index (χ3n) is 3.79. The van der Waals surface area contributed by atoms with Crippen molar-refractivity contribution in [1.29, 1.82) is 0 Å². The number of aromatic nitrogens is 2. The lowest BCUT2D eigenvalue weighted by molar-refractivity contribution is 0.0437. The summed E-state index contributed by atoms with van der Waals surface area (Å²) in [6.45, 7) is 1.24. The largest absolute Gasteiger partial charge is 0.487 e. The Morgan fingerprint density at radius 1 is 1.04 bits per heavy atom. The second-order valence-electron chi connectivity index (χ2n) is 5.78. The third-order valence-corrected chi connectivity index (χ3v) is 3.79.